The van der Waals surface area contributed by atoms with Crippen LogP contribution in [0.5, 0.6) is 0 Å². The van der Waals surface area contributed by atoms with Gasteiger partial charge in [0.15, 0.2) is 0 Å². The van der Waals surface area contributed by atoms with Gasteiger partial charge in [-0.1, -0.05) is 29.4 Å². The van der Waals surface area contributed by atoms with E-state index in [9.17, 15) is 13.2 Å². The van der Waals surface area contributed by atoms with Crippen molar-refractivity contribution in [1.29, 1.82) is 0 Å². The highest BCUT2D eigenvalue weighted by molar-refractivity contribution is 7.92. The Hall–Kier alpha value is -3.24. The van der Waals surface area contributed by atoms with Crippen LogP contribution in [0.1, 0.15) is 28.7 Å². The molecule has 4 rings (SSSR count). The lowest BCUT2D eigenvalue weighted by Crippen LogP contribution is -2.40. The molecule has 1 aromatic heterocycles. The molecule has 0 saturated carbocycles. The average molecular weight is 471 g/mol. The van der Waals surface area contributed by atoms with Crippen molar-refractivity contribution in [3.63, 3.8) is 0 Å². The lowest BCUT2D eigenvalue weighted by Gasteiger charge is -2.25. The number of morpholine rings is 1. The molecule has 10 heteroatoms. The van der Waals surface area contributed by atoms with Crippen LogP contribution in [0.3, 0.4) is 0 Å². The Balaban J connectivity index is 1.67. The fraction of sp³-hybridized carbons (Fsp3) is 0.348. The summed E-state index contributed by atoms with van der Waals surface area (Å²) in [5.74, 6) is -0.345. The third kappa shape index (κ3) is 4.62. The van der Waals surface area contributed by atoms with Crippen molar-refractivity contribution < 1.29 is 22.5 Å². The van der Waals surface area contributed by atoms with Gasteiger partial charge in [0.25, 0.3) is 10.0 Å². The standard InChI is InChI=1S/C23H26N4O5S/c1-4-27(19-7-5-6-16(2)14-19)33(29,30)20-15-18(9-8-17(20)3)21-24-22(32-25-21)23(28)26-10-12-31-13-11-26/h5-9,14-15H,4,10-13H2,1-3H3. The van der Waals surface area contributed by atoms with E-state index in [1.165, 1.54) is 10.4 Å². The molecule has 33 heavy (non-hydrogen) atoms. The minimum atomic E-state index is -3.85. The average Bonchev–Trinajstić information content (AvgIpc) is 3.30. The number of aryl methyl sites for hydroxylation is 2. The van der Waals surface area contributed by atoms with Crippen LogP contribution in [-0.4, -0.2) is 62.2 Å². The Morgan fingerprint density at radius 2 is 1.88 bits per heavy atom. The molecule has 1 fully saturated rings. The van der Waals surface area contributed by atoms with E-state index in [0.29, 0.717) is 43.1 Å². The van der Waals surface area contributed by atoms with Gasteiger partial charge in [0.05, 0.1) is 23.8 Å². The Bertz CT molecular complexity index is 1270. The summed E-state index contributed by atoms with van der Waals surface area (Å²) in [6.07, 6.45) is 0. The first kappa shape index (κ1) is 22.9. The zero-order valence-corrected chi connectivity index (χ0v) is 19.6. The van der Waals surface area contributed by atoms with Crippen molar-refractivity contribution in [2.75, 3.05) is 37.2 Å². The molecule has 0 bridgehead atoms. The van der Waals surface area contributed by atoms with Gasteiger partial charge >= 0.3 is 11.8 Å². The van der Waals surface area contributed by atoms with Crippen molar-refractivity contribution in [2.45, 2.75) is 25.7 Å². The molecule has 0 spiro atoms. The maximum Gasteiger partial charge on any atom is 0.316 e. The maximum atomic E-state index is 13.6. The Kier molecular flexibility index (Phi) is 6.48. The summed E-state index contributed by atoms with van der Waals surface area (Å²) in [6, 6.07) is 12.3. The summed E-state index contributed by atoms with van der Waals surface area (Å²) in [5, 5.41) is 3.92. The van der Waals surface area contributed by atoms with E-state index in [1.54, 1.807) is 36.9 Å². The molecule has 174 valence electrons. The minimum absolute atomic E-state index is 0.133. The van der Waals surface area contributed by atoms with E-state index in [-0.39, 0.29) is 29.1 Å². The highest BCUT2D eigenvalue weighted by Gasteiger charge is 2.28. The maximum absolute atomic E-state index is 13.6. The minimum Gasteiger partial charge on any atom is -0.378 e. The zero-order valence-electron chi connectivity index (χ0n) is 18.8. The Morgan fingerprint density at radius 1 is 1.12 bits per heavy atom. The second kappa shape index (κ2) is 9.32. The molecule has 0 atom stereocenters. The van der Waals surface area contributed by atoms with Gasteiger partial charge < -0.3 is 14.2 Å². The number of hydrogen-bond donors (Lipinski definition) is 0. The smallest absolute Gasteiger partial charge is 0.316 e. The number of nitrogens with zero attached hydrogens (tertiary/aromatic N) is 4. The molecule has 0 radical (unpaired) electrons. The fourth-order valence-electron chi connectivity index (χ4n) is 3.74. The predicted molar refractivity (Wildman–Crippen MR) is 123 cm³/mol. The number of carbonyl (C=O) groups excluding carboxylic acids is 1. The lowest BCUT2D eigenvalue weighted by molar-refractivity contribution is 0.0272. The summed E-state index contributed by atoms with van der Waals surface area (Å²) < 4.78 is 39.0. The van der Waals surface area contributed by atoms with Crippen LogP contribution in [0.2, 0.25) is 0 Å². The molecule has 9 nitrogen and oxygen atoms in total. The molecule has 1 aliphatic heterocycles. The third-order valence-electron chi connectivity index (χ3n) is 5.50. The highest BCUT2D eigenvalue weighted by Crippen LogP contribution is 2.29. The van der Waals surface area contributed by atoms with Crippen molar-refractivity contribution in [3.05, 3.63) is 59.5 Å². The van der Waals surface area contributed by atoms with E-state index in [0.717, 1.165) is 5.56 Å². The molecular weight excluding hydrogens is 444 g/mol. The second-order valence-electron chi connectivity index (χ2n) is 7.82. The Labute approximate surface area is 193 Å². The molecule has 2 heterocycles. The van der Waals surface area contributed by atoms with E-state index < -0.39 is 10.0 Å². The van der Waals surface area contributed by atoms with E-state index in [1.807, 2.05) is 25.1 Å². The Morgan fingerprint density at radius 3 is 2.58 bits per heavy atom. The van der Waals surface area contributed by atoms with Crippen molar-refractivity contribution in [1.82, 2.24) is 15.0 Å². The zero-order chi connectivity index (χ0) is 23.6. The van der Waals surface area contributed by atoms with Crippen LogP contribution in [0.4, 0.5) is 5.69 Å². The topological polar surface area (TPSA) is 106 Å². The van der Waals surface area contributed by atoms with Gasteiger partial charge in [-0.15, -0.1) is 0 Å². The van der Waals surface area contributed by atoms with Gasteiger partial charge in [-0.05, 0) is 50.1 Å². The summed E-state index contributed by atoms with van der Waals surface area (Å²) in [5.41, 5.74) is 2.61. The lowest BCUT2D eigenvalue weighted by atomic mass is 10.1. The molecule has 1 saturated heterocycles. The number of benzene rings is 2. The molecule has 1 amide bonds. The first-order chi connectivity index (χ1) is 15.8. The molecular formula is C23H26N4O5S. The largest absolute Gasteiger partial charge is 0.378 e. The van der Waals surface area contributed by atoms with Gasteiger partial charge in [0.2, 0.25) is 5.82 Å². The summed E-state index contributed by atoms with van der Waals surface area (Å²) >= 11 is 0. The van der Waals surface area contributed by atoms with Gasteiger partial charge in [-0.3, -0.25) is 9.10 Å². The summed E-state index contributed by atoms with van der Waals surface area (Å²) in [6.45, 7) is 7.55. The quantitative estimate of drug-likeness (QED) is 0.545. The number of ether oxygens (including phenoxy) is 1. The van der Waals surface area contributed by atoms with Gasteiger partial charge in [0, 0.05) is 25.2 Å². The van der Waals surface area contributed by atoms with Gasteiger partial charge in [-0.2, -0.15) is 4.98 Å². The van der Waals surface area contributed by atoms with Crippen LogP contribution < -0.4 is 4.31 Å². The molecule has 3 aromatic rings. The van der Waals surface area contributed by atoms with Gasteiger partial charge in [-0.25, -0.2) is 8.42 Å². The SMILES string of the molecule is CCN(c1cccc(C)c1)S(=O)(=O)c1cc(-c2noc(C(=O)N3CCOCC3)n2)ccc1C. The fourth-order valence-corrected chi connectivity index (χ4v) is 5.46. The number of hydrogen-bond acceptors (Lipinski definition) is 7. The number of aromatic nitrogens is 2. The first-order valence-corrected chi connectivity index (χ1v) is 12.2. The van der Waals surface area contributed by atoms with E-state index >= 15 is 0 Å². The number of anilines is 1. The van der Waals surface area contributed by atoms with Crippen LogP contribution in [0.15, 0.2) is 51.9 Å². The molecule has 2 aromatic carbocycles. The van der Waals surface area contributed by atoms with E-state index in [2.05, 4.69) is 10.1 Å². The number of carbonyl (C=O) groups is 1. The molecule has 0 N–H and O–H groups in total. The number of sulfonamides is 1. The van der Waals surface area contributed by atoms with Crippen molar-refractivity contribution in [2.24, 2.45) is 0 Å². The van der Waals surface area contributed by atoms with Crippen LogP contribution in [0.25, 0.3) is 11.4 Å². The molecule has 1 aliphatic rings. The number of rotatable bonds is 6. The second-order valence-corrected chi connectivity index (χ2v) is 9.65. The monoisotopic (exact) mass is 470 g/mol. The summed E-state index contributed by atoms with van der Waals surface area (Å²) in [4.78, 5) is 18.6. The van der Waals surface area contributed by atoms with E-state index in [4.69, 9.17) is 9.26 Å². The number of amides is 1. The van der Waals surface area contributed by atoms with Crippen LogP contribution >= 0.6 is 0 Å². The first-order valence-electron chi connectivity index (χ1n) is 10.7. The highest BCUT2D eigenvalue weighted by atomic mass is 32.2. The molecule has 0 unspecified atom stereocenters. The van der Waals surface area contributed by atoms with Crippen molar-refractivity contribution in [3.8, 4) is 11.4 Å². The predicted octanol–water partition coefficient (Wildman–Crippen LogP) is 3.04. The van der Waals surface area contributed by atoms with Crippen LogP contribution in [0, 0.1) is 13.8 Å². The van der Waals surface area contributed by atoms with Crippen molar-refractivity contribution >= 4 is 21.6 Å². The summed E-state index contributed by atoms with van der Waals surface area (Å²) in [7, 11) is -3.85. The normalized spacial score (nSPS) is 14.3. The van der Waals surface area contributed by atoms with Gasteiger partial charge in [0.1, 0.15) is 0 Å². The van der Waals surface area contributed by atoms with Crippen LogP contribution in [-0.2, 0) is 14.8 Å². The molecule has 0 aliphatic carbocycles. The third-order valence-corrected chi connectivity index (χ3v) is 7.54.